The van der Waals surface area contributed by atoms with Gasteiger partial charge in [0.05, 0.1) is 11.0 Å². The standard InChI is InChI=1S/C20H17F2N3O7/c1-10-20(2,17(26)27)16(11-3-8-14(21)15(22)9-11)25(19(29)30,18(28)23-10)13-6-4-12(5-7-13)24(31)32/h3-10,16H,1-2H3,(H2-,23,26,27,28,29,30)/p+1/t10?,16-,20?,25?/m0/s1. The molecule has 3 N–H and O–H groups in total. The molecule has 0 radical (unpaired) electrons. The second kappa shape index (κ2) is 7.64. The Bertz CT molecular complexity index is 1140. The third kappa shape index (κ3) is 3.07. The van der Waals surface area contributed by atoms with E-state index in [9.17, 15) is 43.5 Å². The van der Waals surface area contributed by atoms with Crippen molar-refractivity contribution >= 4 is 29.5 Å². The van der Waals surface area contributed by atoms with Gasteiger partial charge in [-0.05, 0) is 32.0 Å². The Morgan fingerprint density at radius 2 is 1.72 bits per heavy atom. The molecule has 0 aliphatic carbocycles. The van der Waals surface area contributed by atoms with E-state index in [0.29, 0.717) is 12.1 Å². The summed E-state index contributed by atoms with van der Waals surface area (Å²) >= 11 is 0. The molecule has 168 valence electrons. The monoisotopic (exact) mass is 450 g/mol. The molecule has 0 saturated carbocycles. The fourth-order valence-electron chi connectivity index (χ4n) is 4.13. The fraction of sp³-hybridized carbons (Fsp3) is 0.250. The van der Waals surface area contributed by atoms with Crippen LogP contribution in [0.25, 0.3) is 0 Å². The van der Waals surface area contributed by atoms with E-state index in [-0.39, 0.29) is 11.3 Å². The number of imide groups is 1. The topological polar surface area (TPSA) is 147 Å². The number of rotatable bonds is 4. The number of halogens is 2. The number of carbonyl (C=O) groups is 3. The van der Waals surface area contributed by atoms with Gasteiger partial charge in [0.25, 0.3) is 5.69 Å². The number of nitro groups is 1. The Morgan fingerprint density at radius 1 is 1.12 bits per heavy atom. The summed E-state index contributed by atoms with van der Waals surface area (Å²) in [5.74, 6) is -4.10. The zero-order valence-electron chi connectivity index (χ0n) is 16.8. The molecule has 3 amide bonds. The van der Waals surface area contributed by atoms with Crippen molar-refractivity contribution < 1.29 is 38.3 Å². The lowest BCUT2D eigenvalue weighted by molar-refractivity contribution is -0.384. The minimum absolute atomic E-state index is 0.253. The van der Waals surface area contributed by atoms with Gasteiger partial charge in [-0.3, -0.25) is 14.9 Å². The summed E-state index contributed by atoms with van der Waals surface area (Å²) in [4.78, 5) is 48.6. The van der Waals surface area contributed by atoms with Gasteiger partial charge in [0.2, 0.25) is 0 Å². The molecule has 4 atom stereocenters. The highest BCUT2D eigenvalue weighted by Gasteiger charge is 2.69. The van der Waals surface area contributed by atoms with Crippen molar-refractivity contribution in [3.05, 3.63) is 69.8 Å². The number of carboxylic acid groups (broad SMARTS) is 2. The van der Waals surface area contributed by atoms with Crippen molar-refractivity contribution in [2.75, 3.05) is 0 Å². The van der Waals surface area contributed by atoms with Gasteiger partial charge < -0.3 is 15.5 Å². The second-order valence-electron chi connectivity index (χ2n) is 7.61. The van der Waals surface area contributed by atoms with Crippen molar-refractivity contribution in [2.24, 2.45) is 5.41 Å². The minimum Gasteiger partial charge on any atom is -0.481 e. The molecule has 0 bridgehead atoms. The number of hydrogen-bond donors (Lipinski definition) is 3. The number of benzene rings is 2. The number of carboxylic acids is 1. The number of carbonyl (C=O) groups excluding carboxylic acids is 1. The Labute approximate surface area is 179 Å². The minimum atomic E-state index is -2.02. The number of non-ortho nitro benzene ring substituents is 1. The van der Waals surface area contributed by atoms with Crippen LogP contribution in [0.5, 0.6) is 0 Å². The van der Waals surface area contributed by atoms with Gasteiger partial charge in [-0.2, -0.15) is 4.79 Å². The average Bonchev–Trinajstić information content (AvgIpc) is 2.72. The van der Waals surface area contributed by atoms with Crippen LogP contribution < -0.4 is 9.80 Å². The van der Waals surface area contributed by atoms with E-state index in [2.05, 4.69) is 5.32 Å². The van der Waals surface area contributed by atoms with Crippen LogP contribution in [-0.4, -0.2) is 39.3 Å². The quantitative estimate of drug-likeness (QED) is 0.365. The van der Waals surface area contributed by atoms with Gasteiger partial charge in [0.15, 0.2) is 23.4 Å². The summed E-state index contributed by atoms with van der Waals surface area (Å²) in [6.45, 7) is 2.54. The van der Waals surface area contributed by atoms with Gasteiger partial charge in [-0.15, -0.1) is 4.48 Å². The first-order valence-corrected chi connectivity index (χ1v) is 9.25. The lowest BCUT2D eigenvalue weighted by atomic mass is 9.69. The SMILES string of the molecule is CC1NC(=O)[N+](C(=O)O)(c2ccc([N+](=O)[O-])cc2)[C@@H](c2ccc(F)c(F)c2)C1(C)C(=O)O. The van der Waals surface area contributed by atoms with Crippen LogP contribution in [0.2, 0.25) is 0 Å². The van der Waals surface area contributed by atoms with E-state index in [4.69, 9.17) is 0 Å². The first-order chi connectivity index (χ1) is 14.9. The molecule has 0 aromatic heterocycles. The van der Waals surface area contributed by atoms with E-state index >= 15 is 0 Å². The van der Waals surface area contributed by atoms with Crippen LogP contribution in [0, 0.1) is 27.2 Å². The number of nitrogens with one attached hydrogen (secondary N) is 1. The molecule has 3 unspecified atom stereocenters. The van der Waals surface area contributed by atoms with Crippen LogP contribution >= 0.6 is 0 Å². The summed E-state index contributed by atoms with van der Waals surface area (Å²) in [6, 6.07) is 2.28. The highest BCUT2D eigenvalue weighted by Crippen LogP contribution is 2.51. The molecule has 2 aromatic rings. The first kappa shape index (κ1) is 22.7. The smallest absolute Gasteiger partial charge is 0.481 e. The van der Waals surface area contributed by atoms with Crippen molar-refractivity contribution in [3.8, 4) is 0 Å². The van der Waals surface area contributed by atoms with Gasteiger partial charge in [-0.25, -0.2) is 13.6 Å². The molecular weight excluding hydrogens is 432 g/mol. The van der Waals surface area contributed by atoms with Gasteiger partial charge in [-0.1, -0.05) is 0 Å². The summed E-state index contributed by atoms with van der Waals surface area (Å²) in [5.41, 5.74) is -2.97. The number of nitrogens with zero attached hydrogens (tertiary/aromatic N) is 2. The summed E-state index contributed by atoms with van der Waals surface area (Å²) < 4.78 is 26.1. The first-order valence-electron chi connectivity index (χ1n) is 9.25. The van der Waals surface area contributed by atoms with Crippen molar-refractivity contribution in [2.45, 2.75) is 25.9 Å². The molecule has 12 heteroatoms. The Kier molecular flexibility index (Phi) is 5.43. The average molecular weight is 450 g/mol. The molecule has 2 aromatic carbocycles. The number of amides is 3. The van der Waals surface area contributed by atoms with E-state index in [1.807, 2.05) is 0 Å². The number of aliphatic carboxylic acids is 1. The summed E-state index contributed by atoms with van der Waals surface area (Å²) in [7, 11) is 0. The maximum Gasteiger partial charge on any atom is 0.528 e. The third-order valence-electron chi connectivity index (χ3n) is 6.00. The van der Waals surface area contributed by atoms with Gasteiger partial charge in [0, 0.05) is 29.8 Å². The van der Waals surface area contributed by atoms with E-state index in [0.717, 1.165) is 30.3 Å². The van der Waals surface area contributed by atoms with E-state index in [1.165, 1.54) is 13.8 Å². The lowest BCUT2D eigenvalue weighted by Gasteiger charge is -2.50. The number of urea groups is 1. The van der Waals surface area contributed by atoms with Crippen LogP contribution in [0.3, 0.4) is 0 Å². The van der Waals surface area contributed by atoms with Gasteiger partial charge in [0.1, 0.15) is 5.41 Å². The largest absolute Gasteiger partial charge is 0.528 e. The number of quaternary nitrogens is 1. The molecule has 10 nitrogen and oxygen atoms in total. The highest BCUT2D eigenvalue weighted by molar-refractivity contribution is 6.07. The molecule has 1 fully saturated rings. The Morgan fingerprint density at radius 3 is 2.19 bits per heavy atom. The number of nitro benzene ring substituents is 1. The second-order valence-corrected chi connectivity index (χ2v) is 7.61. The zero-order chi connectivity index (χ0) is 24.0. The van der Waals surface area contributed by atoms with Crippen LogP contribution in [0.1, 0.15) is 25.5 Å². The summed E-state index contributed by atoms with van der Waals surface area (Å²) in [6.07, 6.45) is -1.81. The number of hydrogen-bond acceptors (Lipinski definition) is 5. The molecular formula is C20H18F2N3O7+. The van der Waals surface area contributed by atoms with E-state index in [1.54, 1.807) is 0 Å². The highest BCUT2D eigenvalue weighted by atomic mass is 19.2. The maximum atomic E-state index is 14.1. The lowest BCUT2D eigenvalue weighted by Crippen LogP contribution is -2.76. The Balaban J connectivity index is 2.43. The maximum absolute atomic E-state index is 14.1. The molecule has 0 spiro atoms. The predicted octanol–water partition coefficient (Wildman–Crippen LogP) is 3.80. The van der Waals surface area contributed by atoms with Crippen LogP contribution in [0.15, 0.2) is 42.5 Å². The zero-order valence-corrected chi connectivity index (χ0v) is 16.8. The van der Waals surface area contributed by atoms with Crippen molar-refractivity contribution in [1.29, 1.82) is 0 Å². The van der Waals surface area contributed by atoms with Crippen molar-refractivity contribution in [3.63, 3.8) is 0 Å². The van der Waals surface area contributed by atoms with E-state index < -0.39 is 62.3 Å². The third-order valence-corrected chi connectivity index (χ3v) is 6.00. The molecule has 1 aliphatic rings. The molecule has 32 heavy (non-hydrogen) atoms. The normalized spacial score (nSPS) is 27.4. The molecule has 1 saturated heterocycles. The molecule has 1 aliphatic heterocycles. The predicted molar refractivity (Wildman–Crippen MR) is 106 cm³/mol. The molecule has 1 heterocycles. The van der Waals surface area contributed by atoms with Crippen molar-refractivity contribution in [1.82, 2.24) is 9.80 Å². The molecule has 3 rings (SSSR count). The van der Waals surface area contributed by atoms with Gasteiger partial charge >= 0.3 is 18.1 Å². The van der Waals surface area contributed by atoms with Crippen LogP contribution in [0.4, 0.5) is 29.7 Å². The summed E-state index contributed by atoms with van der Waals surface area (Å²) in [5, 5.41) is 33.7. The fourth-order valence-corrected chi connectivity index (χ4v) is 4.13. The van der Waals surface area contributed by atoms with Crippen LogP contribution in [-0.2, 0) is 4.79 Å². The Hall–Kier alpha value is -3.93.